The molecule has 0 aliphatic heterocycles. The van der Waals surface area contributed by atoms with Gasteiger partial charge >= 0.3 is 0 Å². The average molecular weight is 531 g/mol. The molecule has 3 aromatic rings. The number of ether oxygens (including phenoxy) is 1. The Labute approximate surface area is 203 Å². The van der Waals surface area contributed by atoms with Crippen LogP contribution >= 0.6 is 15.9 Å². The number of halogens is 1. The molecule has 174 valence electrons. The maximum atomic E-state index is 13.3. The lowest BCUT2D eigenvalue weighted by Crippen LogP contribution is -2.40. The predicted molar refractivity (Wildman–Crippen MR) is 133 cm³/mol. The van der Waals surface area contributed by atoms with E-state index in [1.54, 1.807) is 31.4 Å². The van der Waals surface area contributed by atoms with Gasteiger partial charge in [0.05, 0.1) is 18.6 Å². The number of aryl methyl sites for hydroxylation is 1. The lowest BCUT2D eigenvalue weighted by molar-refractivity contribution is -0.121. The highest BCUT2D eigenvalue weighted by Crippen LogP contribution is 2.20. The van der Waals surface area contributed by atoms with Crippen molar-refractivity contribution in [2.75, 3.05) is 20.2 Å². The quantitative estimate of drug-likeness (QED) is 0.423. The zero-order valence-electron chi connectivity index (χ0n) is 18.6. The van der Waals surface area contributed by atoms with Crippen molar-refractivity contribution >= 4 is 31.9 Å². The number of rotatable bonds is 10. The van der Waals surface area contributed by atoms with Gasteiger partial charge in [0.15, 0.2) is 0 Å². The average Bonchev–Trinajstić information content (AvgIpc) is 2.81. The Hall–Kier alpha value is -2.68. The van der Waals surface area contributed by atoms with Crippen molar-refractivity contribution in [3.8, 4) is 5.75 Å². The number of amides is 1. The summed E-state index contributed by atoms with van der Waals surface area (Å²) in [6.07, 6.45) is 0.632. The summed E-state index contributed by atoms with van der Waals surface area (Å²) in [5, 5.41) is 2.83. The third-order valence-electron chi connectivity index (χ3n) is 5.15. The van der Waals surface area contributed by atoms with Gasteiger partial charge in [0, 0.05) is 17.6 Å². The molecular weight excluding hydrogens is 504 g/mol. The molecule has 0 unspecified atom stereocenters. The van der Waals surface area contributed by atoms with Crippen molar-refractivity contribution in [2.24, 2.45) is 0 Å². The number of carbonyl (C=O) groups excluding carboxylic acids is 1. The molecule has 1 N–H and O–H groups in total. The minimum Gasteiger partial charge on any atom is -0.497 e. The zero-order chi connectivity index (χ0) is 23.8. The van der Waals surface area contributed by atoms with Crippen LogP contribution in [0.4, 0.5) is 0 Å². The van der Waals surface area contributed by atoms with E-state index in [1.165, 1.54) is 4.31 Å². The standard InChI is InChI=1S/C25H27BrN2O4S/c1-19-3-13-24(14-4-19)33(30,31)28(17-21-5-9-22(26)10-6-21)18-25(29)27-16-15-20-7-11-23(32-2)12-8-20/h3-14H,15-18H2,1-2H3,(H,27,29). The van der Waals surface area contributed by atoms with Gasteiger partial charge in [-0.25, -0.2) is 8.42 Å². The molecule has 0 aliphatic rings. The molecule has 33 heavy (non-hydrogen) atoms. The zero-order valence-corrected chi connectivity index (χ0v) is 21.0. The van der Waals surface area contributed by atoms with E-state index in [4.69, 9.17) is 4.74 Å². The van der Waals surface area contributed by atoms with Crippen molar-refractivity contribution in [1.82, 2.24) is 9.62 Å². The highest BCUT2D eigenvalue weighted by atomic mass is 79.9. The molecule has 0 heterocycles. The minimum atomic E-state index is -3.86. The van der Waals surface area contributed by atoms with Gasteiger partial charge in [0.25, 0.3) is 0 Å². The first-order chi connectivity index (χ1) is 15.8. The Morgan fingerprint density at radius 1 is 0.939 bits per heavy atom. The molecule has 0 saturated carbocycles. The summed E-state index contributed by atoms with van der Waals surface area (Å²) in [6.45, 7) is 2.12. The van der Waals surface area contributed by atoms with Gasteiger partial charge < -0.3 is 10.1 Å². The van der Waals surface area contributed by atoms with Crippen molar-refractivity contribution in [2.45, 2.75) is 24.8 Å². The molecule has 0 radical (unpaired) electrons. The molecule has 0 spiro atoms. The molecule has 8 heteroatoms. The molecule has 0 atom stereocenters. The van der Waals surface area contributed by atoms with Crippen molar-refractivity contribution < 1.29 is 17.9 Å². The number of methoxy groups -OCH3 is 1. The van der Waals surface area contributed by atoms with E-state index in [0.29, 0.717) is 13.0 Å². The van der Waals surface area contributed by atoms with Crippen molar-refractivity contribution in [3.63, 3.8) is 0 Å². The van der Waals surface area contributed by atoms with Gasteiger partial charge in [-0.15, -0.1) is 0 Å². The summed E-state index contributed by atoms with van der Waals surface area (Å²) in [5.41, 5.74) is 2.81. The van der Waals surface area contributed by atoms with Crippen LogP contribution in [0.25, 0.3) is 0 Å². The van der Waals surface area contributed by atoms with Crippen LogP contribution in [0.2, 0.25) is 0 Å². The van der Waals surface area contributed by atoms with Crippen LogP contribution in [0.15, 0.2) is 82.2 Å². The second-order valence-electron chi connectivity index (χ2n) is 7.66. The molecule has 0 saturated heterocycles. The Morgan fingerprint density at radius 3 is 2.15 bits per heavy atom. The SMILES string of the molecule is COc1ccc(CCNC(=O)CN(Cc2ccc(Br)cc2)S(=O)(=O)c2ccc(C)cc2)cc1. The number of hydrogen-bond acceptors (Lipinski definition) is 4. The molecule has 3 rings (SSSR count). The third kappa shape index (κ3) is 7.15. The first-order valence-corrected chi connectivity index (χ1v) is 12.7. The topological polar surface area (TPSA) is 75.7 Å². The fraction of sp³-hybridized carbons (Fsp3) is 0.240. The highest BCUT2D eigenvalue weighted by molar-refractivity contribution is 9.10. The highest BCUT2D eigenvalue weighted by Gasteiger charge is 2.26. The van der Waals surface area contributed by atoms with E-state index in [9.17, 15) is 13.2 Å². The van der Waals surface area contributed by atoms with E-state index in [0.717, 1.165) is 26.9 Å². The van der Waals surface area contributed by atoms with Crippen LogP contribution in [-0.4, -0.2) is 38.8 Å². The minimum absolute atomic E-state index is 0.0926. The maximum Gasteiger partial charge on any atom is 0.243 e. The molecule has 0 bridgehead atoms. The van der Waals surface area contributed by atoms with Crippen LogP contribution in [0.5, 0.6) is 5.75 Å². The molecule has 0 fully saturated rings. The van der Waals surface area contributed by atoms with Crippen molar-refractivity contribution in [1.29, 1.82) is 0 Å². The fourth-order valence-corrected chi connectivity index (χ4v) is 4.88. The molecule has 1 amide bonds. The Balaban J connectivity index is 1.70. The summed E-state index contributed by atoms with van der Waals surface area (Å²) < 4.78 is 33.9. The monoisotopic (exact) mass is 530 g/mol. The van der Waals surface area contributed by atoms with Crippen LogP contribution in [0, 0.1) is 6.92 Å². The predicted octanol–water partition coefficient (Wildman–Crippen LogP) is 4.32. The molecule has 3 aromatic carbocycles. The van der Waals surface area contributed by atoms with E-state index in [1.807, 2.05) is 55.5 Å². The summed E-state index contributed by atoms with van der Waals surface area (Å²) in [4.78, 5) is 12.8. The van der Waals surface area contributed by atoms with E-state index < -0.39 is 10.0 Å². The maximum absolute atomic E-state index is 13.3. The van der Waals surface area contributed by atoms with E-state index in [-0.39, 0.29) is 23.9 Å². The second-order valence-corrected chi connectivity index (χ2v) is 10.5. The first-order valence-electron chi connectivity index (χ1n) is 10.5. The molecule has 6 nitrogen and oxygen atoms in total. The van der Waals surface area contributed by atoms with Gasteiger partial charge in [-0.3, -0.25) is 4.79 Å². The fourth-order valence-electron chi connectivity index (χ4n) is 3.23. The number of benzene rings is 3. The second kappa shape index (κ2) is 11.4. The number of nitrogens with one attached hydrogen (secondary N) is 1. The molecular formula is C25H27BrN2O4S. The Morgan fingerprint density at radius 2 is 1.55 bits per heavy atom. The van der Waals surface area contributed by atoms with Crippen LogP contribution in [-0.2, 0) is 27.8 Å². The van der Waals surface area contributed by atoms with Crippen molar-refractivity contribution in [3.05, 3.63) is 94.0 Å². The number of hydrogen-bond donors (Lipinski definition) is 1. The largest absolute Gasteiger partial charge is 0.497 e. The van der Waals surface area contributed by atoms with Crippen LogP contribution in [0.1, 0.15) is 16.7 Å². The third-order valence-corrected chi connectivity index (χ3v) is 7.48. The van der Waals surface area contributed by atoms with Gasteiger partial charge in [0.1, 0.15) is 5.75 Å². The Bertz CT molecular complexity index is 1160. The normalized spacial score (nSPS) is 11.4. The lowest BCUT2D eigenvalue weighted by Gasteiger charge is -2.22. The number of carbonyl (C=O) groups is 1. The first kappa shape index (κ1) is 25.0. The number of nitrogens with zero attached hydrogens (tertiary/aromatic N) is 1. The van der Waals surface area contributed by atoms with E-state index >= 15 is 0 Å². The van der Waals surface area contributed by atoms with Gasteiger partial charge in [-0.1, -0.05) is 57.9 Å². The summed E-state index contributed by atoms with van der Waals surface area (Å²) in [5.74, 6) is 0.420. The van der Waals surface area contributed by atoms with Gasteiger partial charge in [-0.2, -0.15) is 4.31 Å². The van der Waals surface area contributed by atoms with Crippen LogP contribution in [0.3, 0.4) is 0 Å². The molecule has 0 aromatic heterocycles. The lowest BCUT2D eigenvalue weighted by atomic mass is 10.1. The summed E-state index contributed by atoms with van der Waals surface area (Å²) in [6, 6.07) is 21.6. The van der Waals surface area contributed by atoms with Crippen LogP contribution < -0.4 is 10.1 Å². The number of sulfonamides is 1. The molecule has 0 aliphatic carbocycles. The Kier molecular flexibility index (Phi) is 8.66. The summed E-state index contributed by atoms with van der Waals surface area (Å²) >= 11 is 3.39. The van der Waals surface area contributed by atoms with Gasteiger partial charge in [0.2, 0.25) is 15.9 Å². The van der Waals surface area contributed by atoms with Gasteiger partial charge in [-0.05, 0) is 60.9 Å². The van der Waals surface area contributed by atoms with E-state index in [2.05, 4.69) is 21.2 Å². The summed E-state index contributed by atoms with van der Waals surface area (Å²) in [7, 11) is -2.25. The smallest absolute Gasteiger partial charge is 0.243 e.